The summed E-state index contributed by atoms with van der Waals surface area (Å²) in [5, 5.41) is 0. The molecule has 3 atom stereocenters. The summed E-state index contributed by atoms with van der Waals surface area (Å²) in [5.74, 6) is -0.464. The molecular weight excluding hydrogens is 364 g/mol. The highest BCUT2D eigenvalue weighted by Gasteiger charge is 2.39. The van der Waals surface area contributed by atoms with Gasteiger partial charge in [-0.1, -0.05) is 18.2 Å². The fourth-order valence-corrected chi connectivity index (χ4v) is 3.42. The number of carbonyl (C=O) groups is 2. The Balaban J connectivity index is 2.07. The zero-order valence-corrected chi connectivity index (χ0v) is 16.6. The highest BCUT2D eigenvalue weighted by atomic mass is 16.7. The molecule has 7 nitrogen and oxygen atoms in total. The molecule has 1 aliphatic rings. The maximum absolute atomic E-state index is 12.3. The Labute approximate surface area is 165 Å². The Bertz CT molecular complexity index is 653. The molecule has 0 aromatic heterocycles. The van der Waals surface area contributed by atoms with Crippen molar-refractivity contribution in [3.05, 3.63) is 41.5 Å². The van der Waals surface area contributed by atoms with Crippen molar-refractivity contribution >= 4 is 12.3 Å². The summed E-state index contributed by atoms with van der Waals surface area (Å²) in [6.07, 6.45) is 3.24. The van der Waals surface area contributed by atoms with Gasteiger partial charge in [0.1, 0.15) is 24.9 Å². The van der Waals surface area contributed by atoms with E-state index in [1.165, 1.54) is 14.2 Å². The lowest BCUT2D eigenvalue weighted by Crippen LogP contribution is -2.40. The van der Waals surface area contributed by atoms with E-state index in [-0.39, 0.29) is 12.8 Å². The number of ether oxygens (including phenoxy) is 5. The molecule has 0 saturated heterocycles. The molecule has 1 aromatic carbocycles. The van der Waals surface area contributed by atoms with Crippen LogP contribution in [-0.2, 0) is 35.1 Å². The number of carbonyl (C=O) groups excluding carboxylic acids is 2. The zero-order valence-electron chi connectivity index (χ0n) is 16.6. The van der Waals surface area contributed by atoms with Crippen molar-refractivity contribution in [2.75, 3.05) is 34.7 Å². The van der Waals surface area contributed by atoms with Gasteiger partial charge in [0, 0.05) is 13.0 Å². The highest BCUT2D eigenvalue weighted by Crippen LogP contribution is 2.35. The maximum atomic E-state index is 12.3. The third kappa shape index (κ3) is 5.89. The molecule has 1 aliphatic carbocycles. The maximum Gasteiger partial charge on any atom is 0.309 e. The van der Waals surface area contributed by atoms with E-state index in [4.69, 9.17) is 23.7 Å². The van der Waals surface area contributed by atoms with E-state index in [1.54, 1.807) is 7.11 Å². The van der Waals surface area contributed by atoms with Crippen LogP contribution in [0.25, 0.3) is 0 Å². The second-order valence-electron chi connectivity index (χ2n) is 6.53. The number of methoxy groups -OCH3 is 3. The van der Waals surface area contributed by atoms with Crippen LogP contribution in [0.2, 0.25) is 0 Å². The number of hydrogen-bond acceptors (Lipinski definition) is 7. The molecule has 0 N–H and O–H groups in total. The largest absolute Gasteiger partial charge is 0.497 e. The number of rotatable bonds is 11. The van der Waals surface area contributed by atoms with E-state index in [1.807, 2.05) is 30.3 Å². The standard InChI is InChI=1S/C21H28O7/c1-24-14-28-19(11-22)20-16(5-4-6-18(20)21(23)26-3)13-27-12-15-7-9-17(25-2)10-8-15/h5,7-11,18-20H,4,6,12-14H2,1-3H3/t18-,19+,20+/m0/s1. The van der Waals surface area contributed by atoms with Crippen LogP contribution in [0.15, 0.2) is 35.9 Å². The van der Waals surface area contributed by atoms with Crippen molar-refractivity contribution < 1.29 is 33.3 Å². The lowest BCUT2D eigenvalue weighted by molar-refractivity contribution is -0.154. The second kappa shape index (κ2) is 11.6. The SMILES string of the molecule is COCO[C@H](C=O)[C@@H]1C(COCc2ccc(OC)cc2)=CCC[C@@H]1C(=O)OC. The topological polar surface area (TPSA) is 80.3 Å². The Morgan fingerprint density at radius 2 is 1.93 bits per heavy atom. The summed E-state index contributed by atoms with van der Waals surface area (Å²) in [6.45, 7) is 0.667. The van der Waals surface area contributed by atoms with Crippen molar-refractivity contribution in [2.24, 2.45) is 11.8 Å². The summed E-state index contributed by atoms with van der Waals surface area (Å²) in [5.41, 5.74) is 1.87. The Morgan fingerprint density at radius 1 is 1.18 bits per heavy atom. The molecule has 1 aromatic rings. The van der Waals surface area contributed by atoms with Crippen LogP contribution in [0.1, 0.15) is 18.4 Å². The second-order valence-corrected chi connectivity index (χ2v) is 6.53. The van der Waals surface area contributed by atoms with Gasteiger partial charge in [0.05, 0.1) is 33.4 Å². The van der Waals surface area contributed by atoms with Gasteiger partial charge >= 0.3 is 5.97 Å². The fraction of sp³-hybridized carbons (Fsp3) is 0.524. The van der Waals surface area contributed by atoms with Gasteiger partial charge in [0.25, 0.3) is 0 Å². The summed E-state index contributed by atoms with van der Waals surface area (Å²) in [4.78, 5) is 23.9. The molecule has 0 saturated carbocycles. The third-order valence-corrected chi connectivity index (χ3v) is 4.81. The minimum Gasteiger partial charge on any atom is -0.497 e. The number of hydrogen-bond donors (Lipinski definition) is 0. The average molecular weight is 392 g/mol. The molecule has 7 heteroatoms. The van der Waals surface area contributed by atoms with Crippen LogP contribution in [0.4, 0.5) is 0 Å². The number of allylic oxidation sites excluding steroid dienone is 1. The van der Waals surface area contributed by atoms with Gasteiger partial charge in [-0.15, -0.1) is 0 Å². The minimum atomic E-state index is -0.805. The van der Waals surface area contributed by atoms with E-state index >= 15 is 0 Å². The first-order valence-corrected chi connectivity index (χ1v) is 9.17. The Hall–Kier alpha value is -2.22. The molecule has 0 spiro atoms. The predicted molar refractivity (Wildman–Crippen MR) is 102 cm³/mol. The third-order valence-electron chi connectivity index (χ3n) is 4.81. The van der Waals surface area contributed by atoms with Gasteiger partial charge in [-0.25, -0.2) is 0 Å². The first-order valence-electron chi connectivity index (χ1n) is 9.17. The monoisotopic (exact) mass is 392 g/mol. The molecule has 28 heavy (non-hydrogen) atoms. The average Bonchev–Trinajstić information content (AvgIpc) is 2.74. The van der Waals surface area contributed by atoms with E-state index in [9.17, 15) is 9.59 Å². The summed E-state index contributed by atoms with van der Waals surface area (Å²) < 4.78 is 26.4. The van der Waals surface area contributed by atoms with Crippen molar-refractivity contribution in [3.63, 3.8) is 0 Å². The number of aldehydes is 1. The smallest absolute Gasteiger partial charge is 0.309 e. The first-order chi connectivity index (χ1) is 13.6. The molecule has 0 amide bonds. The zero-order chi connectivity index (χ0) is 20.4. The first kappa shape index (κ1) is 22.1. The van der Waals surface area contributed by atoms with Crippen molar-refractivity contribution in [3.8, 4) is 5.75 Å². The van der Waals surface area contributed by atoms with E-state index in [2.05, 4.69) is 0 Å². The lowest BCUT2D eigenvalue weighted by atomic mass is 9.75. The molecule has 0 aliphatic heterocycles. The van der Waals surface area contributed by atoms with Gasteiger partial charge in [-0.05, 0) is 36.1 Å². The Morgan fingerprint density at radius 3 is 2.54 bits per heavy atom. The van der Waals surface area contributed by atoms with Crippen LogP contribution >= 0.6 is 0 Å². The molecule has 0 unspecified atom stereocenters. The molecule has 154 valence electrons. The van der Waals surface area contributed by atoms with E-state index < -0.39 is 17.9 Å². The molecule has 0 heterocycles. The van der Waals surface area contributed by atoms with Gasteiger partial charge < -0.3 is 28.5 Å². The predicted octanol–water partition coefficient (Wildman–Crippen LogP) is 2.53. The summed E-state index contributed by atoms with van der Waals surface area (Å²) >= 11 is 0. The van der Waals surface area contributed by atoms with Crippen molar-refractivity contribution in [2.45, 2.75) is 25.6 Å². The van der Waals surface area contributed by atoms with Crippen molar-refractivity contribution in [1.29, 1.82) is 0 Å². The number of benzene rings is 1. The van der Waals surface area contributed by atoms with Gasteiger partial charge in [0.2, 0.25) is 0 Å². The lowest BCUT2D eigenvalue weighted by Gasteiger charge is -2.34. The summed E-state index contributed by atoms with van der Waals surface area (Å²) in [7, 11) is 4.45. The number of esters is 1. The molecule has 2 rings (SSSR count). The van der Waals surface area contributed by atoms with Gasteiger partial charge in [0.15, 0.2) is 0 Å². The molecular formula is C21H28O7. The van der Waals surface area contributed by atoms with Crippen LogP contribution in [0, 0.1) is 11.8 Å². The van der Waals surface area contributed by atoms with Crippen molar-refractivity contribution in [1.82, 2.24) is 0 Å². The normalized spacial score (nSPS) is 20.2. The Kier molecular flexibility index (Phi) is 9.13. The van der Waals surface area contributed by atoms with Crippen LogP contribution in [0.3, 0.4) is 0 Å². The quantitative estimate of drug-likeness (QED) is 0.248. The summed E-state index contributed by atoms with van der Waals surface area (Å²) in [6, 6.07) is 7.60. The molecule has 0 radical (unpaired) electrons. The molecule has 0 fully saturated rings. The fourth-order valence-electron chi connectivity index (χ4n) is 3.42. The highest BCUT2D eigenvalue weighted by molar-refractivity contribution is 5.75. The minimum absolute atomic E-state index is 0.0339. The van der Waals surface area contributed by atoms with Crippen LogP contribution in [0.5, 0.6) is 5.75 Å². The van der Waals surface area contributed by atoms with Gasteiger partial charge in [-0.3, -0.25) is 4.79 Å². The van der Waals surface area contributed by atoms with Crippen LogP contribution < -0.4 is 4.74 Å². The molecule has 0 bridgehead atoms. The van der Waals surface area contributed by atoms with E-state index in [0.29, 0.717) is 32.3 Å². The van der Waals surface area contributed by atoms with Crippen LogP contribution in [-0.4, -0.2) is 53.1 Å². The van der Waals surface area contributed by atoms with E-state index in [0.717, 1.165) is 16.9 Å². The van der Waals surface area contributed by atoms with Gasteiger partial charge in [-0.2, -0.15) is 0 Å².